The van der Waals surface area contributed by atoms with E-state index in [1.807, 2.05) is 36.4 Å². The molecule has 3 heterocycles. The van der Waals surface area contributed by atoms with Crippen molar-refractivity contribution in [3.63, 3.8) is 0 Å². The number of aromatic nitrogens is 1. The fourth-order valence-corrected chi connectivity index (χ4v) is 3.44. The average molecular weight is 323 g/mol. The van der Waals surface area contributed by atoms with Crippen LogP contribution in [0.1, 0.15) is 22.5 Å². The second-order valence-corrected chi connectivity index (χ2v) is 6.43. The molecular weight excluding hydrogens is 302 g/mol. The highest BCUT2D eigenvalue weighted by Crippen LogP contribution is 2.20. The second kappa shape index (κ2) is 6.53. The lowest BCUT2D eigenvalue weighted by molar-refractivity contribution is 0.0949. The van der Waals surface area contributed by atoms with Gasteiger partial charge in [0.2, 0.25) is 0 Å². The van der Waals surface area contributed by atoms with Crippen LogP contribution in [0, 0.1) is 5.92 Å². The third-order valence-corrected chi connectivity index (χ3v) is 4.71. The zero-order chi connectivity index (χ0) is 16.4. The molecule has 0 spiro atoms. The Morgan fingerprint density at radius 2 is 2.21 bits per heavy atom. The molecule has 1 aromatic carbocycles. The van der Waals surface area contributed by atoms with Crippen LogP contribution in [0.15, 0.2) is 53.3 Å². The van der Waals surface area contributed by atoms with Gasteiger partial charge in [0.15, 0.2) is 0 Å². The molecule has 1 fully saturated rings. The fourth-order valence-electron chi connectivity index (χ4n) is 3.44. The molecule has 124 valence electrons. The summed E-state index contributed by atoms with van der Waals surface area (Å²) < 4.78 is 5.40. The van der Waals surface area contributed by atoms with Gasteiger partial charge in [-0.2, -0.15) is 0 Å². The number of nitrogens with one attached hydrogen (secondary N) is 2. The van der Waals surface area contributed by atoms with Gasteiger partial charge in [-0.05, 0) is 37.1 Å². The number of benzene rings is 1. The number of amides is 1. The maximum atomic E-state index is 12.5. The number of nitrogens with zero attached hydrogens (tertiary/aromatic N) is 1. The first-order chi connectivity index (χ1) is 11.8. The van der Waals surface area contributed by atoms with E-state index in [2.05, 4.69) is 15.2 Å². The van der Waals surface area contributed by atoms with Crippen molar-refractivity contribution in [3.05, 3.63) is 60.2 Å². The molecule has 2 aromatic heterocycles. The summed E-state index contributed by atoms with van der Waals surface area (Å²) in [6.45, 7) is 3.61. The van der Waals surface area contributed by atoms with Gasteiger partial charge in [-0.25, -0.2) is 0 Å². The van der Waals surface area contributed by atoms with Gasteiger partial charge in [-0.3, -0.25) is 9.69 Å². The van der Waals surface area contributed by atoms with Crippen molar-refractivity contribution in [1.82, 2.24) is 15.2 Å². The van der Waals surface area contributed by atoms with Crippen LogP contribution in [0.4, 0.5) is 0 Å². The van der Waals surface area contributed by atoms with E-state index in [9.17, 15) is 4.79 Å². The first kappa shape index (κ1) is 15.0. The number of H-pyrrole nitrogens is 1. The van der Waals surface area contributed by atoms with Crippen LogP contribution in [0.5, 0.6) is 0 Å². The fraction of sp³-hybridized carbons (Fsp3) is 0.316. The third-order valence-electron chi connectivity index (χ3n) is 4.71. The lowest BCUT2D eigenvalue weighted by Crippen LogP contribution is -2.30. The van der Waals surface area contributed by atoms with E-state index in [-0.39, 0.29) is 5.91 Å². The van der Waals surface area contributed by atoms with Crippen LogP contribution >= 0.6 is 0 Å². The Hall–Kier alpha value is -2.53. The second-order valence-electron chi connectivity index (χ2n) is 6.43. The SMILES string of the molecule is O=C(NCC1CCN(Cc2ccco2)C1)c1c[nH]c2ccccc12. The van der Waals surface area contributed by atoms with Gasteiger partial charge in [0.25, 0.3) is 5.91 Å². The van der Waals surface area contributed by atoms with Crippen molar-refractivity contribution in [2.75, 3.05) is 19.6 Å². The minimum absolute atomic E-state index is 0.00284. The first-order valence-corrected chi connectivity index (χ1v) is 8.38. The number of rotatable bonds is 5. The van der Waals surface area contributed by atoms with Crippen molar-refractivity contribution in [2.24, 2.45) is 5.92 Å². The number of likely N-dealkylation sites (tertiary alicyclic amines) is 1. The van der Waals surface area contributed by atoms with E-state index in [0.29, 0.717) is 12.5 Å². The molecule has 2 N–H and O–H groups in total. The third kappa shape index (κ3) is 3.08. The van der Waals surface area contributed by atoms with Gasteiger partial charge in [0, 0.05) is 30.2 Å². The van der Waals surface area contributed by atoms with Crippen molar-refractivity contribution in [3.8, 4) is 0 Å². The quantitative estimate of drug-likeness (QED) is 0.759. The van der Waals surface area contributed by atoms with Crippen LogP contribution in [-0.4, -0.2) is 35.4 Å². The standard InChI is InChI=1S/C19H21N3O2/c23-19(17-11-20-18-6-2-1-5-16(17)18)21-10-14-7-8-22(12-14)13-15-4-3-9-24-15/h1-6,9,11,14,20H,7-8,10,12-13H2,(H,21,23). The molecule has 24 heavy (non-hydrogen) atoms. The molecule has 0 bridgehead atoms. The Labute approximate surface area is 140 Å². The zero-order valence-electron chi connectivity index (χ0n) is 13.5. The van der Waals surface area contributed by atoms with Crippen molar-refractivity contribution >= 4 is 16.8 Å². The van der Waals surface area contributed by atoms with Gasteiger partial charge < -0.3 is 14.7 Å². The van der Waals surface area contributed by atoms with Crippen molar-refractivity contribution in [1.29, 1.82) is 0 Å². The lowest BCUT2D eigenvalue weighted by Gasteiger charge is -2.14. The van der Waals surface area contributed by atoms with E-state index >= 15 is 0 Å². The zero-order valence-corrected chi connectivity index (χ0v) is 13.5. The van der Waals surface area contributed by atoms with Crippen LogP contribution in [0.2, 0.25) is 0 Å². The van der Waals surface area contributed by atoms with Gasteiger partial charge in [0.05, 0.1) is 18.4 Å². The molecular formula is C19H21N3O2. The molecule has 0 saturated carbocycles. The maximum Gasteiger partial charge on any atom is 0.253 e. The summed E-state index contributed by atoms with van der Waals surface area (Å²) in [6.07, 6.45) is 4.61. The van der Waals surface area contributed by atoms with E-state index in [4.69, 9.17) is 4.42 Å². The van der Waals surface area contributed by atoms with Crippen LogP contribution in [0.25, 0.3) is 10.9 Å². The summed E-state index contributed by atoms with van der Waals surface area (Å²) in [7, 11) is 0. The van der Waals surface area contributed by atoms with Gasteiger partial charge in [-0.15, -0.1) is 0 Å². The number of furan rings is 1. The molecule has 0 aliphatic carbocycles. The Balaban J connectivity index is 1.31. The number of hydrogen-bond donors (Lipinski definition) is 2. The number of fused-ring (bicyclic) bond motifs is 1. The number of carbonyl (C=O) groups is 1. The summed E-state index contributed by atoms with van der Waals surface area (Å²) in [4.78, 5) is 18.0. The molecule has 0 radical (unpaired) electrons. The number of hydrogen-bond acceptors (Lipinski definition) is 3. The Morgan fingerprint density at radius 3 is 3.08 bits per heavy atom. The van der Waals surface area contributed by atoms with E-state index < -0.39 is 0 Å². The molecule has 4 rings (SSSR count). The predicted octanol–water partition coefficient (Wildman–Crippen LogP) is 3.01. The molecule has 1 aliphatic heterocycles. The summed E-state index contributed by atoms with van der Waals surface area (Å²) in [6, 6.07) is 11.8. The average Bonchev–Trinajstić information content (AvgIpc) is 3.34. The van der Waals surface area contributed by atoms with Gasteiger partial charge >= 0.3 is 0 Å². The molecule has 1 aliphatic rings. The Morgan fingerprint density at radius 1 is 1.29 bits per heavy atom. The van der Waals surface area contributed by atoms with Gasteiger partial charge in [-0.1, -0.05) is 18.2 Å². The lowest BCUT2D eigenvalue weighted by atomic mass is 10.1. The number of para-hydroxylation sites is 1. The van der Waals surface area contributed by atoms with Crippen molar-refractivity contribution < 1.29 is 9.21 Å². The van der Waals surface area contributed by atoms with Crippen molar-refractivity contribution in [2.45, 2.75) is 13.0 Å². The molecule has 5 nitrogen and oxygen atoms in total. The molecule has 1 atom stereocenters. The summed E-state index contributed by atoms with van der Waals surface area (Å²) in [5.74, 6) is 1.49. The summed E-state index contributed by atoms with van der Waals surface area (Å²) >= 11 is 0. The smallest absolute Gasteiger partial charge is 0.253 e. The van der Waals surface area contributed by atoms with E-state index in [1.165, 1.54) is 0 Å². The van der Waals surface area contributed by atoms with Crippen LogP contribution in [0.3, 0.4) is 0 Å². The minimum Gasteiger partial charge on any atom is -0.468 e. The first-order valence-electron chi connectivity index (χ1n) is 8.38. The minimum atomic E-state index is -0.00284. The largest absolute Gasteiger partial charge is 0.468 e. The monoisotopic (exact) mass is 323 g/mol. The summed E-state index contributed by atoms with van der Waals surface area (Å²) in [5, 5.41) is 4.06. The highest BCUT2D eigenvalue weighted by Gasteiger charge is 2.24. The number of aromatic amines is 1. The van der Waals surface area contributed by atoms with Crippen LogP contribution in [-0.2, 0) is 6.54 Å². The maximum absolute atomic E-state index is 12.5. The Kier molecular flexibility index (Phi) is 4.09. The molecule has 3 aromatic rings. The van der Waals surface area contributed by atoms with E-state index in [0.717, 1.165) is 48.3 Å². The van der Waals surface area contributed by atoms with Crippen LogP contribution < -0.4 is 5.32 Å². The predicted molar refractivity (Wildman–Crippen MR) is 92.7 cm³/mol. The molecule has 1 amide bonds. The molecule has 1 unspecified atom stereocenters. The topological polar surface area (TPSA) is 61.3 Å². The van der Waals surface area contributed by atoms with Gasteiger partial charge in [0.1, 0.15) is 5.76 Å². The summed E-state index contributed by atoms with van der Waals surface area (Å²) in [5.41, 5.74) is 1.71. The Bertz CT molecular complexity index is 822. The van der Waals surface area contributed by atoms with E-state index in [1.54, 1.807) is 12.5 Å². The highest BCUT2D eigenvalue weighted by atomic mass is 16.3. The highest BCUT2D eigenvalue weighted by molar-refractivity contribution is 6.06. The number of carbonyl (C=O) groups excluding carboxylic acids is 1. The molecule has 5 heteroatoms. The molecule has 1 saturated heterocycles. The normalized spacial score (nSPS) is 18.2.